The van der Waals surface area contributed by atoms with E-state index in [0.717, 1.165) is 0 Å². The van der Waals surface area contributed by atoms with Crippen molar-refractivity contribution in [2.24, 2.45) is 0 Å². The molecule has 0 saturated carbocycles. The molecule has 0 bridgehead atoms. The highest BCUT2D eigenvalue weighted by molar-refractivity contribution is 6.77. The average molecular weight is 368 g/mol. The molecular weight excluding hydrogens is 335 g/mol. The molecule has 0 aromatic heterocycles. The summed E-state index contributed by atoms with van der Waals surface area (Å²) in [6.07, 6.45) is 0. The summed E-state index contributed by atoms with van der Waals surface area (Å²) in [5.74, 6) is 0.990. The Morgan fingerprint density at radius 1 is 0.920 bits per heavy atom. The van der Waals surface area contributed by atoms with Crippen molar-refractivity contribution in [1.29, 1.82) is 0 Å². The molecule has 0 aliphatic carbocycles. The second-order valence-corrected chi connectivity index (χ2v) is 12.8. The van der Waals surface area contributed by atoms with E-state index in [4.69, 9.17) is 13.9 Å². The molecule has 0 spiro atoms. The van der Waals surface area contributed by atoms with Gasteiger partial charge in [0.05, 0.1) is 20.8 Å². The maximum Gasteiger partial charge on any atom is 0.492 e. The lowest BCUT2D eigenvalue weighted by atomic mass is 9.76. The molecule has 0 amide bonds. The highest BCUT2D eigenvalue weighted by atomic mass is 28.4. The van der Waals surface area contributed by atoms with Gasteiger partial charge in [0.25, 0.3) is 0 Å². The Labute approximate surface area is 153 Å². The largest absolute Gasteiger partial charge is 0.497 e. The van der Waals surface area contributed by atoms with Crippen molar-refractivity contribution in [3.05, 3.63) is 17.7 Å². The monoisotopic (exact) mass is 368 g/mol. The molecule has 0 saturated heterocycles. The lowest BCUT2D eigenvalue weighted by Crippen LogP contribution is -2.48. The van der Waals surface area contributed by atoms with Gasteiger partial charge in [0.1, 0.15) is 11.5 Å². The number of ether oxygens (including phenoxy) is 2. The molecule has 0 atom stereocenters. The molecule has 5 nitrogen and oxygen atoms in total. The number of benzene rings is 1. The minimum absolute atomic E-state index is 0.307. The van der Waals surface area contributed by atoms with Crippen LogP contribution in [0.3, 0.4) is 0 Å². The van der Waals surface area contributed by atoms with Crippen LogP contribution in [-0.4, -0.2) is 39.7 Å². The summed E-state index contributed by atoms with van der Waals surface area (Å²) in [6.45, 7) is 13.6. The van der Waals surface area contributed by atoms with Gasteiger partial charge in [0.2, 0.25) is 8.32 Å². The van der Waals surface area contributed by atoms with Crippen molar-refractivity contribution in [3.63, 3.8) is 0 Å². The first kappa shape index (κ1) is 22.0. The summed E-state index contributed by atoms with van der Waals surface area (Å²) in [7, 11) is -0.626. The van der Waals surface area contributed by atoms with Crippen molar-refractivity contribution < 1.29 is 23.9 Å². The van der Waals surface area contributed by atoms with Crippen LogP contribution in [0.25, 0.3) is 0 Å². The molecule has 0 radical (unpaired) electrons. The van der Waals surface area contributed by atoms with E-state index in [0.29, 0.717) is 45.8 Å². The highest BCUT2D eigenvalue weighted by Gasteiger charge is 2.45. The summed E-state index contributed by atoms with van der Waals surface area (Å²) in [5, 5.41) is 19.7. The van der Waals surface area contributed by atoms with E-state index in [1.54, 1.807) is 19.2 Å². The van der Waals surface area contributed by atoms with E-state index >= 15 is 0 Å². The summed E-state index contributed by atoms with van der Waals surface area (Å²) in [6, 6.07) is 3.44. The third-order valence-corrected chi connectivity index (χ3v) is 11.2. The van der Waals surface area contributed by atoms with Crippen molar-refractivity contribution in [2.75, 3.05) is 14.2 Å². The molecule has 142 valence electrons. The molecule has 25 heavy (non-hydrogen) atoms. The Bertz CT molecular complexity index is 539. The fraction of sp³-hybridized carbons (Fsp3) is 0.667. The molecule has 0 aliphatic heterocycles. The van der Waals surface area contributed by atoms with Crippen LogP contribution in [0, 0.1) is 0 Å². The maximum atomic E-state index is 9.83. The Morgan fingerprint density at radius 2 is 1.44 bits per heavy atom. The SMILES string of the molecule is COc1cc(CO[Si](C(C)C)(C(C)C)C(C)C)c(B(O)O)c(OC)c1. The standard InChI is InChI=1S/C18H33BO5Si/c1-12(2)25(13(3)4,14(5)6)24-11-15-9-16(22-7)10-17(23-8)18(15)19(20)21/h9-10,12-14,20-21H,11H2,1-8H3. The third-order valence-electron chi connectivity index (χ3n) is 5.10. The lowest BCUT2D eigenvalue weighted by Gasteiger charge is -2.42. The van der Waals surface area contributed by atoms with Crippen LogP contribution in [0.4, 0.5) is 0 Å². The first-order valence-corrected chi connectivity index (χ1v) is 11.0. The maximum absolute atomic E-state index is 9.83. The predicted molar refractivity (Wildman–Crippen MR) is 105 cm³/mol. The second kappa shape index (κ2) is 9.07. The molecule has 2 N–H and O–H groups in total. The average Bonchev–Trinajstić information content (AvgIpc) is 2.52. The molecule has 0 aliphatic rings. The Morgan fingerprint density at radius 3 is 1.80 bits per heavy atom. The molecule has 1 aromatic rings. The first-order chi connectivity index (χ1) is 11.6. The minimum Gasteiger partial charge on any atom is -0.497 e. The molecular formula is C18H33BO5Si. The predicted octanol–water partition coefficient (Wildman–Crippen LogP) is 3.08. The zero-order valence-electron chi connectivity index (χ0n) is 16.8. The van der Waals surface area contributed by atoms with Crippen molar-refractivity contribution >= 4 is 20.9 Å². The normalized spacial score (nSPS) is 12.2. The molecule has 1 aromatic carbocycles. The second-order valence-electron chi connectivity index (χ2n) is 7.38. The number of hydrogen-bond donors (Lipinski definition) is 2. The number of methoxy groups -OCH3 is 2. The third kappa shape index (κ3) is 4.58. The van der Waals surface area contributed by atoms with E-state index in [9.17, 15) is 10.0 Å². The molecule has 1 rings (SSSR count). The van der Waals surface area contributed by atoms with Gasteiger partial charge in [-0.15, -0.1) is 0 Å². The van der Waals surface area contributed by atoms with Gasteiger partial charge in [-0.05, 0) is 28.3 Å². The van der Waals surface area contributed by atoms with Crippen LogP contribution in [0.5, 0.6) is 11.5 Å². The topological polar surface area (TPSA) is 68.2 Å². The Kier molecular flexibility index (Phi) is 7.99. The molecule has 0 heterocycles. The highest BCUT2D eigenvalue weighted by Crippen LogP contribution is 2.42. The summed E-state index contributed by atoms with van der Waals surface area (Å²) >= 11 is 0. The van der Waals surface area contributed by atoms with Gasteiger partial charge in [-0.25, -0.2) is 0 Å². The van der Waals surface area contributed by atoms with Gasteiger partial charge in [0.15, 0.2) is 0 Å². The van der Waals surface area contributed by atoms with Gasteiger partial charge in [-0.2, -0.15) is 0 Å². The smallest absolute Gasteiger partial charge is 0.492 e. The minimum atomic E-state index is -2.07. The van der Waals surface area contributed by atoms with E-state index in [2.05, 4.69) is 41.5 Å². The fourth-order valence-electron chi connectivity index (χ4n) is 4.06. The van der Waals surface area contributed by atoms with Gasteiger partial charge >= 0.3 is 7.12 Å². The Hall–Kier alpha value is -1.02. The van der Waals surface area contributed by atoms with E-state index < -0.39 is 15.4 Å². The van der Waals surface area contributed by atoms with Gasteiger partial charge in [0, 0.05) is 11.5 Å². The van der Waals surface area contributed by atoms with Crippen LogP contribution in [0.15, 0.2) is 12.1 Å². The van der Waals surface area contributed by atoms with E-state index in [1.165, 1.54) is 7.11 Å². The van der Waals surface area contributed by atoms with Gasteiger partial charge < -0.3 is 23.9 Å². The van der Waals surface area contributed by atoms with Crippen LogP contribution in [-0.2, 0) is 11.0 Å². The van der Waals surface area contributed by atoms with Crippen molar-refractivity contribution in [2.45, 2.75) is 64.8 Å². The summed E-state index contributed by atoms with van der Waals surface area (Å²) < 4.78 is 17.2. The number of hydrogen-bond acceptors (Lipinski definition) is 5. The molecule has 0 unspecified atom stereocenters. The van der Waals surface area contributed by atoms with Crippen LogP contribution in [0.2, 0.25) is 16.6 Å². The van der Waals surface area contributed by atoms with Crippen molar-refractivity contribution in [1.82, 2.24) is 0 Å². The van der Waals surface area contributed by atoms with Crippen LogP contribution in [0.1, 0.15) is 47.1 Å². The van der Waals surface area contributed by atoms with Crippen molar-refractivity contribution in [3.8, 4) is 11.5 Å². The zero-order chi connectivity index (χ0) is 19.4. The van der Waals surface area contributed by atoms with Crippen LogP contribution >= 0.6 is 0 Å². The van der Waals surface area contributed by atoms with Gasteiger partial charge in [-0.1, -0.05) is 41.5 Å². The van der Waals surface area contributed by atoms with E-state index in [-0.39, 0.29) is 0 Å². The first-order valence-electron chi connectivity index (χ1n) is 8.86. The lowest BCUT2D eigenvalue weighted by molar-refractivity contribution is 0.265. The van der Waals surface area contributed by atoms with Crippen LogP contribution < -0.4 is 14.9 Å². The summed E-state index contributed by atoms with van der Waals surface area (Å²) in [5.41, 5.74) is 2.36. The Balaban J connectivity index is 3.33. The molecule has 7 heteroatoms. The van der Waals surface area contributed by atoms with Gasteiger partial charge in [-0.3, -0.25) is 0 Å². The summed E-state index contributed by atoms with van der Waals surface area (Å²) in [4.78, 5) is 0. The fourth-order valence-corrected chi connectivity index (χ4v) is 9.46. The molecule has 0 fully saturated rings. The van der Waals surface area contributed by atoms with E-state index in [1.807, 2.05) is 0 Å². The quantitative estimate of drug-likeness (QED) is 0.656. The zero-order valence-corrected chi connectivity index (χ0v) is 17.8. The number of rotatable bonds is 9.